The fourth-order valence-electron chi connectivity index (χ4n) is 3.02. The van der Waals surface area contributed by atoms with Crippen molar-refractivity contribution in [1.82, 2.24) is 19.5 Å². The molecule has 1 aromatic carbocycles. The van der Waals surface area contributed by atoms with Gasteiger partial charge in [-0.2, -0.15) is 4.98 Å². The van der Waals surface area contributed by atoms with Gasteiger partial charge in [-0.1, -0.05) is 0 Å². The van der Waals surface area contributed by atoms with Crippen LogP contribution in [0.15, 0.2) is 34.0 Å². The van der Waals surface area contributed by atoms with Gasteiger partial charge < -0.3 is 10.6 Å². The summed E-state index contributed by atoms with van der Waals surface area (Å²) in [6, 6.07) is 2.76. The normalized spacial score (nSPS) is 17.2. The van der Waals surface area contributed by atoms with E-state index in [2.05, 4.69) is 15.0 Å². The van der Waals surface area contributed by atoms with Crippen LogP contribution >= 0.6 is 0 Å². The van der Waals surface area contributed by atoms with Gasteiger partial charge in [-0.25, -0.2) is 23.1 Å². The third-order valence-corrected chi connectivity index (χ3v) is 4.29. The summed E-state index contributed by atoms with van der Waals surface area (Å²) in [4.78, 5) is 36.8. The Bertz CT molecular complexity index is 1130. The molecule has 0 spiro atoms. The Balaban J connectivity index is 1.99. The Morgan fingerprint density at radius 3 is 2.77 bits per heavy atom. The van der Waals surface area contributed by atoms with E-state index >= 15 is 0 Å². The van der Waals surface area contributed by atoms with Crippen LogP contribution < -0.4 is 21.9 Å². The number of nitrogens with one attached hydrogen (secondary N) is 1. The van der Waals surface area contributed by atoms with Crippen LogP contribution in [0.4, 0.5) is 14.7 Å². The standard InChI is InChI=1S/C16H14F2N6O2/c17-8-1-2-12(11(18)5-8)24-13-10(14(25)22-16(24)26)6-20-15(21-13)23-4-3-9(19)7-23/h1-2,5-6,9H,3-4,7,19H2,(H,22,25,26). The van der Waals surface area contributed by atoms with Crippen LogP contribution in [0, 0.1) is 11.6 Å². The molecule has 0 radical (unpaired) electrons. The molecule has 1 saturated heterocycles. The minimum absolute atomic E-state index is 0.0144. The Hall–Kier alpha value is -3.14. The van der Waals surface area contributed by atoms with Crippen LogP contribution in [0.25, 0.3) is 16.7 Å². The number of nitrogens with two attached hydrogens (primary N) is 1. The number of benzene rings is 1. The molecule has 4 rings (SSSR count). The lowest BCUT2D eigenvalue weighted by atomic mass is 10.3. The summed E-state index contributed by atoms with van der Waals surface area (Å²) in [5, 5.41) is 0.0144. The number of hydrogen-bond donors (Lipinski definition) is 2. The Kier molecular flexibility index (Phi) is 3.76. The maximum Gasteiger partial charge on any atom is 0.334 e. The monoisotopic (exact) mass is 360 g/mol. The molecule has 0 aliphatic carbocycles. The van der Waals surface area contributed by atoms with E-state index < -0.39 is 22.9 Å². The van der Waals surface area contributed by atoms with E-state index in [4.69, 9.17) is 5.73 Å². The average molecular weight is 360 g/mol. The Labute approximate surface area is 144 Å². The van der Waals surface area contributed by atoms with Crippen LogP contribution in [0.5, 0.6) is 0 Å². The topological polar surface area (TPSA) is 110 Å². The number of H-pyrrole nitrogens is 1. The van der Waals surface area contributed by atoms with Crippen molar-refractivity contribution in [1.29, 1.82) is 0 Å². The minimum Gasteiger partial charge on any atom is -0.339 e. The highest BCUT2D eigenvalue weighted by molar-refractivity contribution is 5.76. The molecule has 1 aliphatic heterocycles. The summed E-state index contributed by atoms with van der Waals surface area (Å²) >= 11 is 0. The highest BCUT2D eigenvalue weighted by Crippen LogP contribution is 2.20. The molecule has 134 valence electrons. The summed E-state index contributed by atoms with van der Waals surface area (Å²) < 4.78 is 28.3. The maximum atomic E-state index is 14.2. The number of rotatable bonds is 2. The number of fused-ring (bicyclic) bond motifs is 1. The molecule has 1 unspecified atom stereocenters. The Morgan fingerprint density at radius 2 is 2.08 bits per heavy atom. The van der Waals surface area contributed by atoms with Crippen LogP contribution in [-0.2, 0) is 0 Å². The van der Waals surface area contributed by atoms with Gasteiger partial charge in [-0.05, 0) is 18.6 Å². The lowest BCUT2D eigenvalue weighted by Crippen LogP contribution is -2.32. The van der Waals surface area contributed by atoms with E-state index in [1.807, 2.05) is 4.90 Å². The Morgan fingerprint density at radius 1 is 1.27 bits per heavy atom. The lowest BCUT2D eigenvalue weighted by Gasteiger charge is -2.16. The molecule has 0 bridgehead atoms. The first-order valence-corrected chi connectivity index (χ1v) is 7.92. The van der Waals surface area contributed by atoms with Crippen molar-refractivity contribution in [3.8, 4) is 5.69 Å². The van der Waals surface area contributed by atoms with Crippen molar-refractivity contribution in [3.05, 3.63) is 56.9 Å². The van der Waals surface area contributed by atoms with Gasteiger partial charge in [0.25, 0.3) is 5.56 Å². The average Bonchev–Trinajstić information content (AvgIpc) is 3.02. The first kappa shape index (κ1) is 16.3. The first-order chi connectivity index (χ1) is 12.4. The molecule has 3 N–H and O–H groups in total. The van der Waals surface area contributed by atoms with E-state index in [9.17, 15) is 18.4 Å². The van der Waals surface area contributed by atoms with Crippen molar-refractivity contribution in [2.45, 2.75) is 12.5 Å². The van der Waals surface area contributed by atoms with E-state index in [1.54, 1.807) is 0 Å². The molecule has 1 fully saturated rings. The van der Waals surface area contributed by atoms with E-state index in [0.717, 1.165) is 23.1 Å². The van der Waals surface area contributed by atoms with Gasteiger partial charge in [0.05, 0.1) is 5.69 Å². The third kappa shape index (κ3) is 2.64. The van der Waals surface area contributed by atoms with Crippen LogP contribution in [0.2, 0.25) is 0 Å². The largest absolute Gasteiger partial charge is 0.339 e. The second-order valence-electron chi connectivity index (χ2n) is 6.09. The van der Waals surface area contributed by atoms with Crippen molar-refractivity contribution in [2.24, 2.45) is 5.73 Å². The second kappa shape index (κ2) is 5.99. The van der Waals surface area contributed by atoms with Gasteiger partial charge in [-0.3, -0.25) is 9.78 Å². The van der Waals surface area contributed by atoms with Crippen molar-refractivity contribution in [2.75, 3.05) is 18.0 Å². The smallest absolute Gasteiger partial charge is 0.334 e. The fraction of sp³-hybridized carbons (Fsp3) is 0.250. The molecule has 3 heterocycles. The predicted molar refractivity (Wildman–Crippen MR) is 90.5 cm³/mol. The van der Waals surface area contributed by atoms with Crippen LogP contribution in [0.3, 0.4) is 0 Å². The van der Waals surface area contributed by atoms with Gasteiger partial charge in [0.2, 0.25) is 5.95 Å². The number of nitrogens with zero attached hydrogens (tertiary/aromatic N) is 4. The second-order valence-corrected chi connectivity index (χ2v) is 6.09. The maximum absolute atomic E-state index is 14.2. The SMILES string of the molecule is NC1CCN(c2ncc3c(=O)[nH]c(=O)n(-c4ccc(F)cc4F)c3n2)C1. The van der Waals surface area contributed by atoms with Gasteiger partial charge in [0.15, 0.2) is 5.65 Å². The zero-order valence-electron chi connectivity index (χ0n) is 13.4. The summed E-state index contributed by atoms with van der Waals surface area (Å²) in [5.74, 6) is -1.45. The molecule has 0 saturated carbocycles. The lowest BCUT2D eigenvalue weighted by molar-refractivity contribution is 0.576. The zero-order chi connectivity index (χ0) is 18.4. The molecular formula is C16H14F2N6O2. The van der Waals surface area contributed by atoms with E-state index in [-0.39, 0.29) is 28.7 Å². The number of halogens is 2. The molecule has 0 amide bonds. The number of anilines is 1. The summed E-state index contributed by atoms with van der Waals surface area (Å²) in [7, 11) is 0. The van der Waals surface area contributed by atoms with Gasteiger partial charge in [0, 0.05) is 31.4 Å². The van der Waals surface area contributed by atoms with Gasteiger partial charge in [0.1, 0.15) is 17.0 Å². The third-order valence-electron chi connectivity index (χ3n) is 4.29. The molecule has 8 nitrogen and oxygen atoms in total. The van der Waals surface area contributed by atoms with Gasteiger partial charge >= 0.3 is 5.69 Å². The fourth-order valence-corrected chi connectivity index (χ4v) is 3.02. The molecule has 3 aromatic rings. The summed E-state index contributed by atoms with van der Waals surface area (Å²) in [6.07, 6.45) is 2.04. The minimum atomic E-state index is -0.955. The number of aromatic amines is 1. The van der Waals surface area contributed by atoms with Crippen LogP contribution in [-0.4, -0.2) is 38.7 Å². The zero-order valence-corrected chi connectivity index (χ0v) is 13.4. The molecule has 10 heteroatoms. The molecule has 26 heavy (non-hydrogen) atoms. The van der Waals surface area contributed by atoms with Crippen LogP contribution in [0.1, 0.15) is 6.42 Å². The van der Waals surface area contributed by atoms with Crippen molar-refractivity contribution < 1.29 is 8.78 Å². The van der Waals surface area contributed by atoms with E-state index in [1.165, 1.54) is 6.20 Å². The summed E-state index contributed by atoms with van der Waals surface area (Å²) in [5.41, 5.74) is 4.04. The summed E-state index contributed by atoms with van der Waals surface area (Å²) in [6.45, 7) is 1.16. The molecular weight excluding hydrogens is 346 g/mol. The van der Waals surface area contributed by atoms with Crippen molar-refractivity contribution in [3.63, 3.8) is 0 Å². The predicted octanol–water partition coefficient (Wildman–Crippen LogP) is 0.285. The quantitative estimate of drug-likeness (QED) is 0.680. The molecule has 1 atom stereocenters. The van der Waals surface area contributed by atoms with E-state index in [0.29, 0.717) is 19.2 Å². The highest BCUT2D eigenvalue weighted by atomic mass is 19.1. The van der Waals surface area contributed by atoms with Gasteiger partial charge in [-0.15, -0.1) is 0 Å². The molecule has 1 aliphatic rings. The number of aromatic nitrogens is 4. The van der Waals surface area contributed by atoms with Crippen molar-refractivity contribution >= 4 is 17.0 Å². The molecule has 2 aromatic heterocycles. The number of hydrogen-bond acceptors (Lipinski definition) is 6. The first-order valence-electron chi connectivity index (χ1n) is 7.92. The highest BCUT2D eigenvalue weighted by Gasteiger charge is 2.23.